The van der Waals surface area contributed by atoms with Crippen LogP contribution in [0.15, 0.2) is 40.9 Å². The van der Waals surface area contributed by atoms with Gasteiger partial charge < -0.3 is 14.7 Å². The van der Waals surface area contributed by atoms with Crippen LogP contribution in [-0.2, 0) is 4.79 Å². The van der Waals surface area contributed by atoms with Gasteiger partial charge in [0.15, 0.2) is 5.69 Å². The number of aromatic nitrogens is 1. The van der Waals surface area contributed by atoms with E-state index in [0.717, 1.165) is 18.4 Å². The van der Waals surface area contributed by atoms with Gasteiger partial charge in [0.2, 0.25) is 5.91 Å². The van der Waals surface area contributed by atoms with Crippen molar-refractivity contribution in [2.45, 2.75) is 31.7 Å². The lowest BCUT2D eigenvalue weighted by Crippen LogP contribution is -2.41. The first kappa shape index (κ1) is 15.9. The molecule has 25 heavy (non-hydrogen) atoms. The van der Waals surface area contributed by atoms with Crippen molar-refractivity contribution in [1.82, 2.24) is 15.4 Å². The van der Waals surface area contributed by atoms with Gasteiger partial charge in [0.1, 0.15) is 5.76 Å². The monoisotopic (exact) mass is 339 g/mol. The minimum absolute atomic E-state index is 0.0764. The average Bonchev–Trinajstić information content (AvgIpc) is 3.27. The Hall–Kier alpha value is -2.63. The number of aryl methyl sites for hydroxylation is 1. The summed E-state index contributed by atoms with van der Waals surface area (Å²) < 4.78 is 5.02. The predicted molar refractivity (Wildman–Crippen MR) is 91.0 cm³/mol. The number of hydrogen-bond acceptors (Lipinski definition) is 4. The molecule has 0 spiro atoms. The molecule has 6 nitrogen and oxygen atoms in total. The van der Waals surface area contributed by atoms with Crippen molar-refractivity contribution in [2.75, 3.05) is 13.1 Å². The van der Waals surface area contributed by atoms with Crippen LogP contribution in [-0.4, -0.2) is 41.0 Å². The number of carbonyl (C=O) groups excluding carboxylic acids is 2. The second-order valence-electron chi connectivity index (χ2n) is 6.94. The van der Waals surface area contributed by atoms with Gasteiger partial charge in [-0.2, -0.15) is 0 Å². The molecule has 0 unspecified atom stereocenters. The average molecular weight is 339 g/mol. The summed E-state index contributed by atoms with van der Waals surface area (Å²) in [7, 11) is 0. The second kappa shape index (κ2) is 6.35. The zero-order chi connectivity index (χ0) is 17.4. The van der Waals surface area contributed by atoms with Crippen molar-refractivity contribution in [3.05, 3.63) is 53.4 Å². The molecule has 2 fully saturated rings. The largest absolute Gasteiger partial charge is 0.361 e. The van der Waals surface area contributed by atoms with Gasteiger partial charge >= 0.3 is 0 Å². The van der Waals surface area contributed by atoms with E-state index in [1.807, 2.05) is 18.2 Å². The third kappa shape index (κ3) is 3.29. The summed E-state index contributed by atoms with van der Waals surface area (Å²) in [4.78, 5) is 26.7. The molecule has 1 saturated carbocycles. The zero-order valence-corrected chi connectivity index (χ0v) is 14.1. The van der Waals surface area contributed by atoms with E-state index < -0.39 is 0 Å². The Labute approximate surface area is 146 Å². The number of nitrogens with one attached hydrogen (secondary N) is 1. The number of rotatable bonds is 4. The van der Waals surface area contributed by atoms with Crippen molar-refractivity contribution < 1.29 is 14.1 Å². The summed E-state index contributed by atoms with van der Waals surface area (Å²) in [6, 6.07) is 11.6. The van der Waals surface area contributed by atoms with Crippen LogP contribution in [0.1, 0.15) is 40.6 Å². The van der Waals surface area contributed by atoms with Gasteiger partial charge in [-0.05, 0) is 25.3 Å². The Bertz CT molecular complexity index is 782. The summed E-state index contributed by atoms with van der Waals surface area (Å²) in [5, 5.41) is 6.98. The van der Waals surface area contributed by atoms with Crippen LogP contribution in [0.3, 0.4) is 0 Å². The van der Waals surface area contributed by atoms with E-state index in [1.54, 1.807) is 17.9 Å². The summed E-state index contributed by atoms with van der Waals surface area (Å²) >= 11 is 0. The van der Waals surface area contributed by atoms with E-state index in [0.29, 0.717) is 24.5 Å². The number of carbonyl (C=O) groups is 2. The quantitative estimate of drug-likeness (QED) is 0.926. The van der Waals surface area contributed by atoms with Crippen molar-refractivity contribution in [3.63, 3.8) is 0 Å². The highest BCUT2D eigenvalue weighted by Crippen LogP contribution is 2.32. The number of hydrogen-bond donors (Lipinski definition) is 1. The third-order valence-electron chi connectivity index (χ3n) is 4.96. The first-order chi connectivity index (χ1) is 12.1. The number of nitrogens with zero attached hydrogens (tertiary/aromatic N) is 2. The molecule has 2 heterocycles. The van der Waals surface area contributed by atoms with Crippen LogP contribution in [0.5, 0.6) is 0 Å². The minimum atomic E-state index is -0.152. The lowest BCUT2D eigenvalue weighted by atomic mass is 9.94. The van der Waals surface area contributed by atoms with E-state index in [4.69, 9.17) is 4.52 Å². The maximum Gasteiger partial charge on any atom is 0.276 e. The number of benzene rings is 1. The second-order valence-corrected chi connectivity index (χ2v) is 6.94. The molecular formula is C19H21N3O3. The standard InChI is InChI=1S/C19H21N3O3/c1-12-9-16(21-25-12)19(24)22-10-15(13-5-3-2-4-6-13)17(11-22)20-18(23)14-7-8-14/h2-6,9,14-15,17H,7-8,10-11H2,1H3,(H,20,23)/t15-,17+/m0/s1. The molecule has 1 N–H and O–H groups in total. The molecule has 6 heteroatoms. The fourth-order valence-corrected chi connectivity index (χ4v) is 3.43. The molecule has 2 atom stereocenters. The van der Waals surface area contributed by atoms with E-state index >= 15 is 0 Å². The Morgan fingerprint density at radius 1 is 1.20 bits per heavy atom. The van der Waals surface area contributed by atoms with E-state index in [-0.39, 0.29) is 29.7 Å². The van der Waals surface area contributed by atoms with Gasteiger partial charge in [0.05, 0.1) is 6.04 Å². The lowest BCUT2D eigenvalue weighted by Gasteiger charge is -2.19. The topological polar surface area (TPSA) is 75.4 Å². The molecule has 1 saturated heterocycles. The SMILES string of the molecule is Cc1cc(C(=O)N2C[C@@H](NC(=O)C3CC3)[C@H](c3ccccc3)C2)no1. The highest BCUT2D eigenvalue weighted by atomic mass is 16.5. The Morgan fingerprint density at radius 3 is 2.60 bits per heavy atom. The van der Waals surface area contributed by atoms with Gasteiger partial charge in [0, 0.05) is 31.0 Å². The van der Waals surface area contributed by atoms with E-state index in [2.05, 4.69) is 22.6 Å². The fraction of sp³-hybridized carbons (Fsp3) is 0.421. The summed E-state index contributed by atoms with van der Waals surface area (Å²) in [5.41, 5.74) is 1.45. The Morgan fingerprint density at radius 2 is 1.96 bits per heavy atom. The zero-order valence-electron chi connectivity index (χ0n) is 14.1. The summed E-state index contributed by atoms with van der Waals surface area (Å²) in [6.07, 6.45) is 1.94. The van der Waals surface area contributed by atoms with E-state index in [1.165, 1.54) is 0 Å². The predicted octanol–water partition coefficient (Wildman–Crippen LogP) is 2.12. The molecule has 1 aliphatic heterocycles. The van der Waals surface area contributed by atoms with Crippen LogP contribution < -0.4 is 5.32 Å². The Kier molecular flexibility index (Phi) is 4.03. The van der Waals surface area contributed by atoms with Gasteiger partial charge in [-0.25, -0.2) is 0 Å². The van der Waals surface area contributed by atoms with Crippen molar-refractivity contribution in [3.8, 4) is 0 Å². The highest BCUT2D eigenvalue weighted by molar-refractivity contribution is 5.92. The summed E-state index contributed by atoms with van der Waals surface area (Å²) in [5.74, 6) is 0.805. The highest BCUT2D eigenvalue weighted by Gasteiger charge is 2.40. The van der Waals surface area contributed by atoms with Crippen LogP contribution in [0, 0.1) is 12.8 Å². The number of likely N-dealkylation sites (tertiary alicyclic amines) is 1. The van der Waals surface area contributed by atoms with Crippen molar-refractivity contribution >= 4 is 11.8 Å². The molecule has 2 aliphatic rings. The van der Waals surface area contributed by atoms with Gasteiger partial charge in [-0.1, -0.05) is 35.5 Å². The first-order valence-electron chi connectivity index (χ1n) is 8.70. The third-order valence-corrected chi connectivity index (χ3v) is 4.96. The molecule has 2 aromatic rings. The molecule has 1 aliphatic carbocycles. The lowest BCUT2D eigenvalue weighted by molar-refractivity contribution is -0.123. The smallest absolute Gasteiger partial charge is 0.276 e. The molecule has 130 valence electrons. The van der Waals surface area contributed by atoms with Crippen LogP contribution in [0.4, 0.5) is 0 Å². The molecule has 0 bridgehead atoms. The summed E-state index contributed by atoms with van der Waals surface area (Å²) in [6.45, 7) is 2.81. The molecular weight excluding hydrogens is 318 g/mol. The van der Waals surface area contributed by atoms with Crippen LogP contribution in [0.25, 0.3) is 0 Å². The maximum atomic E-state index is 12.7. The fourth-order valence-electron chi connectivity index (χ4n) is 3.43. The van der Waals surface area contributed by atoms with Gasteiger partial charge in [-0.15, -0.1) is 0 Å². The minimum Gasteiger partial charge on any atom is -0.361 e. The maximum absolute atomic E-state index is 12.7. The molecule has 1 aromatic heterocycles. The van der Waals surface area contributed by atoms with Crippen molar-refractivity contribution in [2.24, 2.45) is 5.92 Å². The Balaban J connectivity index is 1.55. The van der Waals surface area contributed by atoms with Gasteiger partial charge in [-0.3, -0.25) is 9.59 Å². The number of amides is 2. The molecule has 1 aromatic carbocycles. The van der Waals surface area contributed by atoms with Gasteiger partial charge in [0.25, 0.3) is 5.91 Å². The van der Waals surface area contributed by atoms with Crippen molar-refractivity contribution in [1.29, 1.82) is 0 Å². The molecule has 2 amide bonds. The normalized spacial score (nSPS) is 22.8. The van der Waals surface area contributed by atoms with Crippen LogP contribution in [0.2, 0.25) is 0 Å². The van der Waals surface area contributed by atoms with E-state index in [9.17, 15) is 9.59 Å². The van der Waals surface area contributed by atoms with Crippen LogP contribution >= 0.6 is 0 Å². The molecule has 4 rings (SSSR count). The first-order valence-corrected chi connectivity index (χ1v) is 8.70. The molecule has 0 radical (unpaired) electrons.